The Balaban J connectivity index is 0.00000169. The molecule has 0 aliphatic heterocycles. The molecule has 1 rings (SSSR count). The van der Waals surface area contributed by atoms with Crippen LogP contribution in [0.2, 0.25) is 5.15 Å². The van der Waals surface area contributed by atoms with Gasteiger partial charge in [-0.2, -0.15) is 0 Å². The van der Waals surface area contributed by atoms with Gasteiger partial charge in [-0.1, -0.05) is 11.6 Å². The molecule has 3 nitrogen and oxygen atoms in total. The molecule has 14 heavy (non-hydrogen) atoms. The Bertz CT molecular complexity index is 424. The van der Waals surface area contributed by atoms with Crippen LogP contribution in [-0.4, -0.2) is 49.2 Å². The second kappa shape index (κ2) is 5.82. The summed E-state index contributed by atoms with van der Waals surface area (Å²) in [4.78, 5) is 3.82. The van der Waals surface area contributed by atoms with Crippen molar-refractivity contribution >= 4 is 66.9 Å². The maximum absolute atomic E-state index is 10.9. The van der Waals surface area contributed by atoms with Crippen molar-refractivity contribution in [2.45, 2.75) is 5.75 Å². The van der Waals surface area contributed by atoms with E-state index in [1.165, 1.54) is 12.5 Å². The molecule has 0 saturated carbocycles. The van der Waals surface area contributed by atoms with Gasteiger partial charge in [0.05, 0.1) is 10.2 Å². The van der Waals surface area contributed by atoms with E-state index in [0.717, 1.165) is 0 Å². The number of nitrogens with zero attached hydrogens (tertiary/aromatic N) is 1. The molecule has 0 radical (unpaired) electrons. The van der Waals surface area contributed by atoms with Gasteiger partial charge >= 0.3 is 29.6 Å². The fourth-order valence-electron chi connectivity index (χ4n) is 0.843. The summed E-state index contributed by atoms with van der Waals surface area (Å²) < 4.78 is 22.4. The first-order chi connectivity index (χ1) is 5.88. The van der Waals surface area contributed by atoms with Crippen LogP contribution in [0.3, 0.4) is 0 Å². The first-order valence-corrected chi connectivity index (χ1v) is 6.59. The molecule has 0 N–H and O–H groups in total. The fraction of sp³-hybridized carbons (Fsp3) is 0.286. The van der Waals surface area contributed by atoms with Crippen molar-refractivity contribution in [1.82, 2.24) is 4.98 Å². The molecule has 0 aliphatic carbocycles. The second-order valence-electron chi connectivity index (χ2n) is 2.69. The molecular weight excluding hydrogens is 300 g/mol. The summed E-state index contributed by atoms with van der Waals surface area (Å²) in [7, 11) is -3.01. The van der Waals surface area contributed by atoms with Gasteiger partial charge in [0.15, 0.2) is 9.84 Å². The molecule has 0 atom stereocenters. The number of rotatable bonds is 2. The van der Waals surface area contributed by atoms with Crippen molar-refractivity contribution in [3.63, 3.8) is 0 Å². The van der Waals surface area contributed by atoms with E-state index in [1.807, 2.05) is 0 Å². The van der Waals surface area contributed by atoms with E-state index in [1.54, 1.807) is 6.07 Å². The van der Waals surface area contributed by atoms with Gasteiger partial charge in [0.1, 0.15) is 5.15 Å². The molecule has 0 saturated heterocycles. The minimum absolute atomic E-state index is 0. The molecule has 0 aromatic carbocycles. The predicted octanol–water partition coefficient (Wildman–Crippen LogP) is 1.39. The van der Waals surface area contributed by atoms with Crippen molar-refractivity contribution in [2.75, 3.05) is 6.26 Å². The van der Waals surface area contributed by atoms with Crippen LogP contribution in [0.1, 0.15) is 5.56 Å². The Labute approximate surface area is 119 Å². The first-order valence-electron chi connectivity index (χ1n) is 3.36. The van der Waals surface area contributed by atoms with Crippen LogP contribution in [0.15, 0.2) is 16.7 Å². The molecular formula is C7H8BrClNNaO2S. The number of sulfone groups is 1. The molecule has 0 fully saturated rings. The molecule has 0 amide bonds. The third-order valence-corrected chi connectivity index (χ3v) is 3.27. The van der Waals surface area contributed by atoms with Crippen LogP contribution in [0.5, 0.6) is 0 Å². The summed E-state index contributed by atoms with van der Waals surface area (Å²) in [5.74, 6) is -0.0181. The Morgan fingerprint density at radius 1 is 1.57 bits per heavy atom. The summed E-state index contributed by atoms with van der Waals surface area (Å²) in [6.07, 6.45) is 2.63. The third-order valence-electron chi connectivity index (χ3n) is 1.28. The van der Waals surface area contributed by atoms with Gasteiger partial charge in [-0.05, 0) is 27.6 Å². The monoisotopic (exact) mass is 307 g/mol. The molecule has 74 valence electrons. The number of hydrogen-bond donors (Lipinski definition) is 0. The fourth-order valence-corrected chi connectivity index (χ4v) is 2.11. The van der Waals surface area contributed by atoms with Crippen molar-refractivity contribution in [2.24, 2.45) is 0 Å². The molecule has 0 spiro atoms. The first kappa shape index (κ1) is 14.9. The van der Waals surface area contributed by atoms with Crippen LogP contribution in [0.4, 0.5) is 0 Å². The maximum atomic E-state index is 10.9. The van der Waals surface area contributed by atoms with E-state index in [2.05, 4.69) is 20.9 Å². The van der Waals surface area contributed by atoms with Crippen LogP contribution >= 0.6 is 27.5 Å². The van der Waals surface area contributed by atoms with Crippen molar-refractivity contribution in [1.29, 1.82) is 0 Å². The summed E-state index contributed by atoms with van der Waals surface area (Å²) >= 11 is 8.81. The Morgan fingerprint density at radius 3 is 2.57 bits per heavy atom. The van der Waals surface area contributed by atoms with Gasteiger partial charge in [0.25, 0.3) is 0 Å². The van der Waals surface area contributed by atoms with Crippen molar-refractivity contribution in [3.8, 4) is 0 Å². The molecule has 1 aromatic rings. The van der Waals surface area contributed by atoms with E-state index in [4.69, 9.17) is 11.6 Å². The summed E-state index contributed by atoms with van der Waals surface area (Å²) in [6.45, 7) is 0. The molecule has 1 aromatic heterocycles. The average Bonchev–Trinajstić information content (AvgIpc) is 1.94. The molecule has 7 heteroatoms. The molecule has 0 unspecified atom stereocenters. The summed E-state index contributed by atoms with van der Waals surface area (Å²) in [6, 6.07) is 1.65. The normalized spacial score (nSPS) is 10.8. The Hall–Kier alpha value is 0.870. The van der Waals surface area contributed by atoms with E-state index in [0.29, 0.717) is 15.2 Å². The third kappa shape index (κ3) is 5.09. The van der Waals surface area contributed by atoms with Crippen LogP contribution in [0, 0.1) is 0 Å². The predicted molar refractivity (Wildman–Crippen MR) is 62.6 cm³/mol. The topological polar surface area (TPSA) is 47.0 Å². The van der Waals surface area contributed by atoms with Crippen LogP contribution < -0.4 is 0 Å². The number of pyridine rings is 1. The average molecular weight is 309 g/mol. The quantitative estimate of drug-likeness (QED) is 0.613. The molecule has 1 heterocycles. The SMILES string of the molecule is CS(=O)(=O)Cc1cnc(Cl)c(Br)c1.[NaH]. The number of aromatic nitrogens is 1. The van der Waals surface area contributed by atoms with Gasteiger partial charge in [0, 0.05) is 12.5 Å². The number of halogens is 2. The zero-order chi connectivity index (χ0) is 10.1. The van der Waals surface area contributed by atoms with E-state index in [9.17, 15) is 8.42 Å². The van der Waals surface area contributed by atoms with Crippen LogP contribution in [-0.2, 0) is 15.6 Å². The van der Waals surface area contributed by atoms with Crippen molar-refractivity contribution < 1.29 is 8.42 Å². The van der Waals surface area contributed by atoms with E-state index >= 15 is 0 Å². The van der Waals surface area contributed by atoms with Gasteiger partial charge in [-0.25, -0.2) is 13.4 Å². The van der Waals surface area contributed by atoms with Crippen molar-refractivity contribution in [3.05, 3.63) is 27.5 Å². The van der Waals surface area contributed by atoms with Crippen LogP contribution in [0.25, 0.3) is 0 Å². The second-order valence-corrected chi connectivity index (χ2v) is 6.04. The molecule has 0 aliphatic rings. The Morgan fingerprint density at radius 2 is 2.14 bits per heavy atom. The zero-order valence-corrected chi connectivity index (χ0v) is 9.95. The summed E-state index contributed by atoms with van der Waals surface area (Å²) in [5, 5.41) is 0.331. The van der Waals surface area contributed by atoms with E-state index in [-0.39, 0.29) is 35.3 Å². The van der Waals surface area contributed by atoms with E-state index < -0.39 is 9.84 Å². The zero-order valence-electron chi connectivity index (χ0n) is 6.79. The minimum atomic E-state index is -3.01. The summed E-state index contributed by atoms with van der Waals surface area (Å²) in [5.41, 5.74) is 0.624. The van der Waals surface area contributed by atoms with Gasteiger partial charge in [-0.15, -0.1) is 0 Å². The van der Waals surface area contributed by atoms with Gasteiger partial charge in [-0.3, -0.25) is 0 Å². The Kier molecular flexibility index (Phi) is 6.18. The number of hydrogen-bond acceptors (Lipinski definition) is 3. The molecule has 0 bridgehead atoms. The van der Waals surface area contributed by atoms with Gasteiger partial charge < -0.3 is 0 Å². The van der Waals surface area contributed by atoms with Gasteiger partial charge in [0.2, 0.25) is 0 Å². The standard InChI is InChI=1S/C7H7BrClNO2S.Na.H/c1-13(11,12)4-5-2-6(8)7(9)10-3-5;;/h2-3H,4H2,1H3;;.